The van der Waals surface area contributed by atoms with Gasteiger partial charge in [0.15, 0.2) is 15.0 Å². The first-order valence-corrected chi connectivity index (χ1v) is 13.6. The van der Waals surface area contributed by atoms with Gasteiger partial charge in [0, 0.05) is 30.5 Å². The molecule has 1 aliphatic rings. The first kappa shape index (κ1) is 24.1. The van der Waals surface area contributed by atoms with Gasteiger partial charge in [-0.15, -0.1) is 11.3 Å². The van der Waals surface area contributed by atoms with Crippen molar-refractivity contribution < 1.29 is 17.9 Å². The van der Waals surface area contributed by atoms with Crippen LogP contribution >= 0.6 is 34.5 Å². The Morgan fingerprint density at radius 1 is 1.06 bits per heavy atom. The third kappa shape index (κ3) is 5.24. The van der Waals surface area contributed by atoms with Gasteiger partial charge in [-0.05, 0) is 49.2 Å². The molecule has 0 atom stereocenters. The van der Waals surface area contributed by atoms with Gasteiger partial charge in [-0.3, -0.25) is 0 Å². The van der Waals surface area contributed by atoms with Crippen LogP contribution in [-0.2, 0) is 16.3 Å². The highest BCUT2D eigenvalue weighted by molar-refractivity contribution is 7.92. The average molecular weight is 527 g/mol. The van der Waals surface area contributed by atoms with E-state index in [1.165, 1.54) is 18.2 Å². The Morgan fingerprint density at radius 3 is 2.48 bits per heavy atom. The standard InChI is InChI=1S/C23H24Cl2N2O4S2/c1-30-17-3-6-22(31-2)15(12-17)11-16-14-32-23(26-16)27-9-7-18(8-10-27)33(28,29)19-4-5-20(24)21(25)13-19/h3-6,12-14,18H,7-11H2,1-2H3. The number of thiazole rings is 1. The summed E-state index contributed by atoms with van der Waals surface area (Å²) in [4.78, 5) is 7.17. The molecule has 1 saturated heterocycles. The van der Waals surface area contributed by atoms with Crippen molar-refractivity contribution in [3.05, 3.63) is 63.1 Å². The van der Waals surface area contributed by atoms with Crippen molar-refractivity contribution in [2.45, 2.75) is 29.4 Å². The van der Waals surface area contributed by atoms with E-state index in [4.69, 9.17) is 37.7 Å². The Bertz CT molecular complexity index is 1240. The van der Waals surface area contributed by atoms with Crippen LogP contribution in [0.25, 0.3) is 0 Å². The molecule has 0 amide bonds. The first-order valence-electron chi connectivity index (χ1n) is 10.4. The van der Waals surface area contributed by atoms with Gasteiger partial charge in [-0.1, -0.05) is 23.2 Å². The molecule has 0 N–H and O–H groups in total. The van der Waals surface area contributed by atoms with Gasteiger partial charge in [0.1, 0.15) is 11.5 Å². The van der Waals surface area contributed by atoms with Crippen molar-refractivity contribution in [1.29, 1.82) is 0 Å². The van der Waals surface area contributed by atoms with Crippen molar-refractivity contribution in [2.24, 2.45) is 0 Å². The number of ether oxygens (including phenoxy) is 2. The molecule has 10 heteroatoms. The van der Waals surface area contributed by atoms with Crippen molar-refractivity contribution >= 4 is 49.5 Å². The van der Waals surface area contributed by atoms with Crippen LogP contribution in [0.5, 0.6) is 11.5 Å². The Labute approximate surface area is 208 Å². The number of anilines is 1. The van der Waals surface area contributed by atoms with Crippen LogP contribution in [-0.4, -0.2) is 46.0 Å². The zero-order valence-corrected chi connectivity index (χ0v) is 21.4. The number of sulfone groups is 1. The summed E-state index contributed by atoms with van der Waals surface area (Å²) in [7, 11) is -0.186. The van der Waals surface area contributed by atoms with Crippen LogP contribution < -0.4 is 14.4 Å². The third-order valence-electron chi connectivity index (χ3n) is 5.77. The lowest BCUT2D eigenvalue weighted by Gasteiger charge is -2.31. The summed E-state index contributed by atoms with van der Waals surface area (Å²) in [6.45, 7) is 1.25. The van der Waals surface area contributed by atoms with E-state index in [0.29, 0.717) is 37.4 Å². The number of aromatic nitrogens is 1. The highest BCUT2D eigenvalue weighted by Crippen LogP contribution is 2.33. The van der Waals surface area contributed by atoms with Crippen LogP contribution in [0, 0.1) is 0 Å². The number of hydrogen-bond acceptors (Lipinski definition) is 7. The Hall–Kier alpha value is -2.00. The second-order valence-electron chi connectivity index (χ2n) is 7.78. The van der Waals surface area contributed by atoms with Gasteiger partial charge in [0.05, 0.1) is 40.1 Å². The molecule has 33 heavy (non-hydrogen) atoms. The molecule has 176 valence electrons. The summed E-state index contributed by atoms with van der Waals surface area (Å²) in [6.07, 6.45) is 1.68. The van der Waals surface area contributed by atoms with Crippen molar-refractivity contribution in [2.75, 3.05) is 32.2 Å². The number of hydrogen-bond donors (Lipinski definition) is 0. The summed E-state index contributed by atoms with van der Waals surface area (Å²) in [6, 6.07) is 10.2. The minimum absolute atomic E-state index is 0.221. The number of rotatable bonds is 7. The molecule has 0 aliphatic carbocycles. The normalized spacial score (nSPS) is 15.0. The second kappa shape index (κ2) is 10.1. The van der Waals surface area contributed by atoms with Crippen LogP contribution in [0.1, 0.15) is 24.1 Å². The summed E-state index contributed by atoms with van der Waals surface area (Å²) in [5.41, 5.74) is 1.94. The maximum Gasteiger partial charge on any atom is 0.185 e. The molecule has 0 radical (unpaired) electrons. The van der Waals surface area contributed by atoms with Crippen molar-refractivity contribution in [1.82, 2.24) is 4.98 Å². The SMILES string of the molecule is COc1ccc(OC)c(Cc2csc(N3CCC(S(=O)(=O)c4ccc(Cl)c(Cl)c4)CC3)n2)c1. The molecule has 4 rings (SSSR count). The molecule has 2 aromatic carbocycles. The maximum absolute atomic E-state index is 13.1. The van der Waals surface area contributed by atoms with Gasteiger partial charge in [-0.2, -0.15) is 0 Å². The minimum atomic E-state index is -3.47. The molecule has 0 saturated carbocycles. The molecular formula is C23H24Cl2N2O4S2. The zero-order valence-electron chi connectivity index (χ0n) is 18.3. The Morgan fingerprint density at radius 2 is 1.82 bits per heavy atom. The highest BCUT2D eigenvalue weighted by Gasteiger charge is 2.32. The summed E-state index contributed by atoms with van der Waals surface area (Å²) < 4.78 is 36.9. The number of nitrogens with zero attached hydrogens (tertiary/aromatic N) is 2. The maximum atomic E-state index is 13.1. The van der Waals surface area contributed by atoms with Gasteiger partial charge in [-0.25, -0.2) is 13.4 Å². The quantitative estimate of drug-likeness (QED) is 0.404. The topological polar surface area (TPSA) is 68.7 Å². The summed E-state index contributed by atoms with van der Waals surface area (Å²) >= 11 is 13.5. The molecule has 0 spiro atoms. The number of benzene rings is 2. The lowest BCUT2D eigenvalue weighted by atomic mass is 10.1. The summed E-state index contributed by atoms with van der Waals surface area (Å²) in [5, 5.41) is 3.07. The molecule has 3 aromatic rings. The lowest BCUT2D eigenvalue weighted by molar-refractivity contribution is 0.399. The van der Waals surface area contributed by atoms with E-state index in [1.807, 2.05) is 23.6 Å². The van der Waals surface area contributed by atoms with E-state index in [9.17, 15) is 8.42 Å². The fraction of sp³-hybridized carbons (Fsp3) is 0.348. The fourth-order valence-corrected chi connectivity index (χ4v) is 6.94. The molecular weight excluding hydrogens is 503 g/mol. The van der Waals surface area contributed by atoms with E-state index in [-0.39, 0.29) is 9.92 Å². The van der Waals surface area contributed by atoms with E-state index < -0.39 is 15.1 Å². The molecule has 1 aliphatic heterocycles. The molecule has 0 unspecified atom stereocenters. The molecule has 2 heterocycles. The lowest BCUT2D eigenvalue weighted by Crippen LogP contribution is -2.39. The van der Waals surface area contributed by atoms with Gasteiger partial charge < -0.3 is 14.4 Å². The first-order chi connectivity index (χ1) is 15.8. The third-order valence-corrected chi connectivity index (χ3v) is 9.72. The summed E-state index contributed by atoms with van der Waals surface area (Å²) in [5.74, 6) is 1.56. The smallest absolute Gasteiger partial charge is 0.185 e. The minimum Gasteiger partial charge on any atom is -0.497 e. The monoisotopic (exact) mass is 526 g/mol. The molecule has 1 aromatic heterocycles. The van der Waals surface area contributed by atoms with Crippen molar-refractivity contribution in [3.63, 3.8) is 0 Å². The van der Waals surface area contributed by atoms with E-state index in [1.54, 1.807) is 25.6 Å². The van der Waals surface area contributed by atoms with Gasteiger partial charge >= 0.3 is 0 Å². The molecule has 0 bridgehead atoms. The zero-order chi connectivity index (χ0) is 23.6. The number of halogens is 2. The number of piperidine rings is 1. The van der Waals surface area contributed by atoms with E-state index in [0.717, 1.165) is 27.9 Å². The van der Waals surface area contributed by atoms with Crippen LogP contribution in [0.4, 0.5) is 5.13 Å². The second-order valence-corrected chi connectivity index (χ2v) is 11.7. The largest absolute Gasteiger partial charge is 0.497 e. The van der Waals surface area contributed by atoms with Gasteiger partial charge in [0.2, 0.25) is 0 Å². The average Bonchev–Trinajstić information content (AvgIpc) is 3.29. The Balaban J connectivity index is 1.43. The molecule has 1 fully saturated rings. The van der Waals surface area contributed by atoms with Crippen LogP contribution in [0.2, 0.25) is 10.0 Å². The predicted molar refractivity (Wildman–Crippen MR) is 133 cm³/mol. The van der Waals surface area contributed by atoms with Crippen LogP contribution in [0.3, 0.4) is 0 Å². The number of methoxy groups -OCH3 is 2. The van der Waals surface area contributed by atoms with Crippen LogP contribution in [0.15, 0.2) is 46.7 Å². The van der Waals surface area contributed by atoms with Gasteiger partial charge in [0.25, 0.3) is 0 Å². The molecule has 6 nitrogen and oxygen atoms in total. The van der Waals surface area contributed by atoms with E-state index in [2.05, 4.69) is 4.90 Å². The van der Waals surface area contributed by atoms with Crippen molar-refractivity contribution in [3.8, 4) is 11.5 Å². The highest BCUT2D eigenvalue weighted by atomic mass is 35.5. The fourth-order valence-electron chi connectivity index (χ4n) is 3.94. The Kier molecular flexibility index (Phi) is 7.38. The van der Waals surface area contributed by atoms with E-state index >= 15 is 0 Å². The predicted octanol–water partition coefficient (Wildman–Crippen LogP) is 5.50.